The molecule has 3 nitrogen and oxygen atoms in total. The van der Waals surface area contributed by atoms with Crippen LogP contribution in [0.15, 0.2) is 11.6 Å². The van der Waals surface area contributed by atoms with Crippen LogP contribution in [0, 0.1) is 40.4 Å². The quantitative estimate of drug-likeness (QED) is 0.249. The second kappa shape index (κ2) is 11.2. The summed E-state index contributed by atoms with van der Waals surface area (Å²) in [6.07, 6.45) is 20.0. The van der Waals surface area contributed by atoms with Gasteiger partial charge in [0.15, 0.2) is 0 Å². The van der Waals surface area contributed by atoms with E-state index >= 15 is 0 Å². The number of nitrogens with zero attached hydrogens (tertiary/aromatic N) is 1. The molecule has 0 aromatic heterocycles. The van der Waals surface area contributed by atoms with Gasteiger partial charge >= 0.3 is 0 Å². The van der Waals surface area contributed by atoms with Gasteiger partial charge in [0, 0.05) is 19.6 Å². The van der Waals surface area contributed by atoms with Gasteiger partial charge in [-0.05, 0) is 91.8 Å². The predicted octanol–water partition coefficient (Wildman–Crippen LogP) is 7.50. The number of rotatable bonds is 9. The summed E-state index contributed by atoms with van der Waals surface area (Å²) in [5.41, 5.74) is 2.82. The lowest BCUT2D eigenvalue weighted by Gasteiger charge is -2.58. The zero-order chi connectivity index (χ0) is 24.5. The smallest absolute Gasteiger partial charge is 0.0613 e. The SMILES string of the molecule is CCCCC[C@@H](C)[C@H]1CC[C@H]2[C@@H]3CC=C4C[C@@H](OCCN5CCOCC5)CC[C@]4(C)[C@H]3CC[C@]12C. The van der Waals surface area contributed by atoms with E-state index < -0.39 is 0 Å². The standard InChI is InChI=1S/C32H55NO2/c1-5-6-7-8-24(2)28-11-12-29-27-10-9-25-23-26(35-22-19-33-17-20-34-21-18-33)13-15-31(25,3)30(27)14-16-32(28,29)4/h9,24,26-30H,5-8,10-23H2,1-4H3/t24-,26+,27+,28-,29+,30+,31+,32-/m1/s1. The van der Waals surface area contributed by atoms with Crippen LogP contribution in [0.5, 0.6) is 0 Å². The maximum atomic E-state index is 6.46. The number of hydrogen-bond acceptors (Lipinski definition) is 3. The molecule has 0 spiro atoms. The molecular formula is C32H55NO2. The van der Waals surface area contributed by atoms with E-state index in [0.29, 0.717) is 16.9 Å². The minimum absolute atomic E-state index is 0.444. The minimum atomic E-state index is 0.444. The Morgan fingerprint density at radius 1 is 1.06 bits per heavy atom. The summed E-state index contributed by atoms with van der Waals surface area (Å²) in [6.45, 7) is 16.2. The van der Waals surface area contributed by atoms with Crippen molar-refractivity contribution in [3.05, 3.63) is 11.6 Å². The second-order valence-electron chi connectivity index (χ2n) is 13.7. The third-order valence-electron chi connectivity index (χ3n) is 11.9. The van der Waals surface area contributed by atoms with Gasteiger partial charge in [-0.1, -0.05) is 65.0 Å². The Bertz CT molecular complexity index is 729. The Kier molecular flexibility index (Phi) is 8.36. The van der Waals surface area contributed by atoms with Crippen molar-refractivity contribution >= 4 is 0 Å². The molecule has 8 atom stereocenters. The number of unbranched alkanes of at least 4 members (excludes halogenated alkanes) is 2. The summed E-state index contributed by atoms with van der Waals surface area (Å²) < 4.78 is 11.9. The number of morpholine rings is 1. The van der Waals surface area contributed by atoms with Crippen molar-refractivity contribution in [2.45, 2.75) is 111 Å². The molecular weight excluding hydrogens is 430 g/mol. The van der Waals surface area contributed by atoms with Crippen molar-refractivity contribution in [1.29, 1.82) is 0 Å². The molecule has 3 saturated carbocycles. The fourth-order valence-corrected chi connectivity index (χ4v) is 9.84. The van der Waals surface area contributed by atoms with E-state index in [1.807, 2.05) is 0 Å². The Balaban J connectivity index is 1.19. The Labute approximate surface area is 216 Å². The highest BCUT2D eigenvalue weighted by Crippen LogP contribution is 2.67. The van der Waals surface area contributed by atoms with E-state index in [9.17, 15) is 0 Å². The van der Waals surface area contributed by atoms with Gasteiger partial charge < -0.3 is 9.47 Å². The first kappa shape index (κ1) is 26.2. The first-order valence-corrected chi connectivity index (χ1v) is 15.6. The molecule has 0 aromatic carbocycles. The molecule has 0 N–H and O–H groups in total. The summed E-state index contributed by atoms with van der Waals surface area (Å²) in [4.78, 5) is 2.50. The van der Waals surface area contributed by atoms with Crippen LogP contribution in [-0.4, -0.2) is 50.5 Å². The lowest BCUT2D eigenvalue weighted by atomic mass is 9.47. The van der Waals surface area contributed by atoms with Gasteiger partial charge in [0.25, 0.3) is 0 Å². The Morgan fingerprint density at radius 2 is 1.89 bits per heavy atom. The van der Waals surface area contributed by atoms with Crippen molar-refractivity contribution in [2.24, 2.45) is 40.4 Å². The zero-order valence-electron chi connectivity index (χ0n) is 23.5. The first-order chi connectivity index (χ1) is 17.0. The number of hydrogen-bond donors (Lipinski definition) is 0. The molecule has 1 aliphatic heterocycles. The fourth-order valence-electron chi connectivity index (χ4n) is 9.84. The average Bonchev–Trinajstić information content (AvgIpc) is 3.22. The topological polar surface area (TPSA) is 21.7 Å². The van der Waals surface area contributed by atoms with Gasteiger partial charge in [0.2, 0.25) is 0 Å². The molecule has 1 heterocycles. The van der Waals surface area contributed by atoms with E-state index in [1.54, 1.807) is 5.57 Å². The summed E-state index contributed by atoms with van der Waals surface area (Å²) >= 11 is 0. The van der Waals surface area contributed by atoms with Crippen LogP contribution < -0.4 is 0 Å². The number of allylic oxidation sites excluding steroid dienone is 1. The molecule has 0 radical (unpaired) electrons. The second-order valence-corrected chi connectivity index (χ2v) is 13.7. The van der Waals surface area contributed by atoms with Gasteiger partial charge in [-0.15, -0.1) is 0 Å². The highest BCUT2D eigenvalue weighted by molar-refractivity contribution is 5.25. The van der Waals surface area contributed by atoms with Crippen LogP contribution in [0.4, 0.5) is 0 Å². The molecule has 200 valence electrons. The van der Waals surface area contributed by atoms with Crippen LogP contribution in [0.2, 0.25) is 0 Å². The van der Waals surface area contributed by atoms with E-state index in [1.165, 1.54) is 77.0 Å². The largest absolute Gasteiger partial charge is 0.379 e. The Hall–Kier alpha value is -0.380. The summed E-state index contributed by atoms with van der Waals surface area (Å²) in [5.74, 6) is 4.72. The monoisotopic (exact) mass is 485 g/mol. The number of ether oxygens (including phenoxy) is 2. The van der Waals surface area contributed by atoms with E-state index in [2.05, 4.69) is 38.7 Å². The minimum Gasteiger partial charge on any atom is -0.379 e. The predicted molar refractivity (Wildman–Crippen MR) is 145 cm³/mol. The first-order valence-electron chi connectivity index (χ1n) is 15.6. The van der Waals surface area contributed by atoms with E-state index in [4.69, 9.17) is 9.47 Å². The summed E-state index contributed by atoms with van der Waals surface area (Å²) in [6, 6.07) is 0. The van der Waals surface area contributed by atoms with Gasteiger partial charge in [-0.25, -0.2) is 0 Å². The fraction of sp³-hybridized carbons (Fsp3) is 0.938. The summed E-state index contributed by atoms with van der Waals surface area (Å²) in [7, 11) is 0. The summed E-state index contributed by atoms with van der Waals surface area (Å²) in [5, 5.41) is 0. The molecule has 4 fully saturated rings. The van der Waals surface area contributed by atoms with Gasteiger partial charge in [0.05, 0.1) is 25.9 Å². The van der Waals surface area contributed by atoms with Crippen LogP contribution in [0.25, 0.3) is 0 Å². The molecule has 3 heteroatoms. The molecule has 5 aliphatic rings. The van der Waals surface area contributed by atoms with Crippen molar-refractivity contribution in [3.63, 3.8) is 0 Å². The zero-order valence-corrected chi connectivity index (χ0v) is 23.5. The lowest BCUT2D eigenvalue weighted by molar-refractivity contribution is -0.0661. The third kappa shape index (κ3) is 5.17. The molecule has 5 rings (SSSR count). The highest BCUT2D eigenvalue weighted by atomic mass is 16.5. The van der Waals surface area contributed by atoms with Gasteiger partial charge in [-0.2, -0.15) is 0 Å². The van der Waals surface area contributed by atoms with Gasteiger partial charge in [-0.3, -0.25) is 4.90 Å². The maximum Gasteiger partial charge on any atom is 0.0613 e. The molecule has 0 aromatic rings. The molecule has 35 heavy (non-hydrogen) atoms. The van der Waals surface area contributed by atoms with E-state index in [0.717, 1.165) is 69.0 Å². The van der Waals surface area contributed by atoms with Gasteiger partial charge in [0.1, 0.15) is 0 Å². The van der Waals surface area contributed by atoms with Crippen LogP contribution in [0.3, 0.4) is 0 Å². The average molecular weight is 486 g/mol. The third-order valence-corrected chi connectivity index (χ3v) is 11.9. The van der Waals surface area contributed by atoms with Crippen molar-refractivity contribution in [3.8, 4) is 0 Å². The molecule has 4 aliphatic carbocycles. The van der Waals surface area contributed by atoms with Crippen molar-refractivity contribution in [2.75, 3.05) is 39.5 Å². The maximum absolute atomic E-state index is 6.46. The van der Waals surface area contributed by atoms with Crippen molar-refractivity contribution < 1.29 is 9.47 Å². The number of fused-ring (bicyclic) bond motifs is 5. The molecule has 0 amide bonds. The molecule has 0 bridgehead atoms. The van der Waals surface area contributed by atoms with E-state index in [-0.39, 0.29) is 0 Å². The molecule has 1 saturated heterocycles. The van der Waals surface area contributed by atoms with Crippen LogP contribution in [0.1, 0.15) is 105 Å². The van der Waals surface area contributed by atoms with Crippen LogP contribution in [-0.2, 0) is 9.47 Å². The molecule has 0 unspecified atom stereocenters. The van der Waals surface area contributed by atoms with Crippen LogP contribution >= 0.6 is 0 Å². The Morgan fingerprint density at radius 3 is 2.69 bits per heavy atom. The lowest BCUT2D eigenvalue weighted by Crippen LogP contribution is -2.51. The highest BCUT2D eigenvalue weighted by Gasteiger charge is 2.59. The van der Waals surface area contributed by atoms with Crippen molar-refractivity contribution in [1.82, 2.24) is 4.90 Å². The normalized spacial score (nSPS) is 42.6.